The fraction of sp³-hybridized carbons (Fsp3) is 0.571. The van der Waals surface area contributed by atoms with Crippen molar-refractivity contribution in [1.29, 1.82) is 0 Å². The monoisotopic (exact) mass is 284 g/mol. The lowest BCUT2D eigenvalue weighted by Crippen LogP contribution is -2.40. The molecule has 1 aliphatic rings. The van der Waals surface area contributed by atoms with Crippen molar-refractivity contribution in [2.75, 3.05) is 25.1 Å². The van der Waals surface area contributed by atoms with Gasteiger partial charge in [-0.3, -0.25) is 0 Å². The first-order valence-corrected chi connectivity index (χ1v) is 6.53. The summed E-state index contributed by atoms with van der Waals surface area (Å²) < 4.78 is 31.2. The van der Waals surface area contributed by atoms with Crippen LogP contribution in [0, 0.1) is 13.8 Å². The average molecular weight is 284 g/mol. The van der Waals surface area contributed by atoms with Crippen LogP contribution in [0.4, 0.5) is 14.6 Å². The number of carbonyl (C=O) groups is 1. The summed E-state index contributed by atoms with van der Waals surface area (Å²) in [6, 6.07) is 0. The van der Waals surface area contributed by atoms with E-state index in [1.54, 1.807) is 11.1 Å². The predicted octanol–water partition coefficient (Wildman–Crippen LogP) is 2.72. The van der Waals surface area contributed by atoms with E-state index in [9.17, 15) is 13.6 Å². The van der Waals surface area contributed by atoms with E-state index in [2.05, 4.69) is 4.98 Å². The second-order valence-electron chi connectivity index (χ2n) is 5.10. The number of piperidine rings is 1. The minimum atomic E-state index is -2.62. The highest BCUT2D eigenvalue weighted by atomic mass is 19.3. The van der Waals surface area contributed by atoms with Gasteiger partial charge in [0.15, 0.2) is 0 Å². The first-order valence-electron chi connectivity index (χ1n) is 6.53. The number of carbonyl (C=O) groups excluding carboxylic acids is 1. The van der Waals surface area contributed by atoms with Crippen molar-refractivity contribution in [3.8, 4) is 0 Å². The number of aryl methyl sites for hydroxylation is 1. The highest BCUT2D eigenvalue weighted by Gasteiger charge is 2.35. The number of aromatic nitrogens is 1. The Balaban J connectivity index is 2.37. The van der Waals surface area contributed by atoms with Gasteiger partial charge in [-0.15, -0.1) is 0 Å². The quantitative estimate of drug-likeness (QED) is 0.783. The molecule has 1 aliphatic heterocycles. The minimum Gasteiger partial charge on any atom is -0.465 e. The highest BCUT2D eigenvalue weighted by Crippen LogP contribution is 2.32. The summed E-state index contributed by atoms with van der Waals surface area (Å²) in [4.78, 5) is 17.9. The maximum atomic E-state index is 13.2. The van der Waals surface area contributed by atoms with Crippen molar-refractivity contribution in [2.24, 2.45) is 0 Å². The summed E-state index contributed by atoms with van der Waals surface area (Å²) in [6.07, 6.45) is 1.22. The van der Waals surface area contributed by atoms with E-state index >= 15 is 0 Å². The number of nitrogens with zero attached hydrogens (tertiary/aromatic N) is 2. The predicted molar refractivity (Wildman–Crippen MR) is 71.4 cm³/mol. The number of hydrogen-bond donors (Lipinski definition) is 0. The Kier molecular flexibility index (Phi) is 3.92. The summed E-state index contributed by atoms with van der Waals surface area (Å²) in [7, 11) is 1.30. The summed E-state index contributed by atoms with van der Waals surface area (Å²) in [6.45, 7) is 4.03. The molecule has 1 fully saturated rings. The number of hydrogen-bond acceptors (Lipinski definition) is 4. The third-order valence-electron chi connectivity index (χ3n) is 3.75. The van der Waals surface area contributed by atoms with Crippen LogP contribution in [-0.4, -0.2) is 37.1 Å². The zero-order valence-electron chi connectivity index (χ0n) is 11.9. The largest absolute Gasteiger partial charge is 0.465 e. The van der Waals surface area contributed by atoms with Crippen molar-refractivity contribution in [3.05, 3.63) is 22.9 Å². The van der Waals surface area contributed by atoms with Gasteiger partial charge in [0.2, 0.25) is 0 Å². The molecule has 0 spiro atoms. The van der Waals surface area contributed by atoms with E-state index in [1.807, 2.05) is 13.8 Å². The summed E-state index contributed by atoms with van der Waals surface area (Å²) in [5.74, 6) is -2.66. The molecule has 0 atom stereocenters. The summed E-state index contributed by atoms with van der Waals surface area (Å²) in [5.41, 5.74) is 2.02. The Labute approximate surface area is 116 Å². The van der Waals surface area contributed by atoms with Gasteiger partial charge in [0.05, 0.1) is 7.11 Å². The van der Waals surface area contributed by atoms with Crippen molar-refractivity contribution in [1.82, 2.24) is 4.98 Å². The van der Waals surface area contributed by atoms with E-state index in [4.69, 9.17) is 4.74 Å². The average Bonchev–Trinajstić information content (AvgIpc) is 2.41. The molecule has 1 aromatic heterocycles. The van der Waals surface area contributed by atoms with Crippen LogP contribution in [0.3, 0.4) is 0 Å². The topological polar surface area (TPSA) is 42.4 Å². The molecule has 0 saturated carbocycles. The first-order chi connectivity index (χ1) is 9.35. The molecule has 0 radical (unpaired) electrons. The van der Waals surface area contributed by atoms with Gasteiger partial charge in [0.1, 0.15) is 11.4 Å². The van der Waals surface area contributed by atoms with Gasteiger partial charge in [-0.2, -0.15) is 0 Å². The molecule has 1 saturated heterocycles. The molecule has 6 heteroatoms. The number of halogens is 2. The lowest BCUT2D eigenvalue weighted by atomic mass is 10.0. The third kappa shape index (κ3) is 2.73. The fourth-order valence-corrected chi connectivity index (χ4v) is 2.32. The molecule has 0 N–H and O–H groups in total. The molecule has 0 unspecified atom stereocenters. The molecule has 2 rings (SSSR count). The van der Waals surface area contributed by atoms with E-state index < -0.39 is 11.9 Å². The van der Waals surface area contributed by atoms with Crippen LogP contribution in [0.1, 0.15) is 34.3 Å². The Bertz CT molecular complexity index is 522. The maximum absolute atomic E-state index is 13.2. The van der Waals surface area contributed by atoms with Crippen LogP contribution < -0.4 is 4.90 Å². The van der Waals surface area contributed by atoms with E-state index in [1.165, 1.54) is 7.11 Å². The molecule has 0 aromatic carbocycles. The van der Waals surface area contributed by atoms with E-state index in [0.717, 1.165) is 11.1 Å². The molecule has 0 bridgehead atoms. The normalized spacial score (nSPS) is 17.9. The zero-order chi connectivity index (χ0) is 14.9. The standard InChI is InChI=1S/C14H18F2N2O2/c1-9-8-17-12(11(10(9)2)13(19)20-3)18-6-4-14(15,16)5-7-18/h8H,4-7H2,1-3H3. The van der Waals surface area contributed by atoms with Crippen molar-refractivity contribution in [3.63, 3.8) is 0 Å². The minimum absolute atomic E-state index is 0.187. The van der Waals surface area contributed by atoms with Gasteiger partial charge in [-0.1, -0.05) is 0 Å². The number of pyridine rings is 1. The van der Waals surface area contributed by atoms with E-state index in [0.29, 0.717) is 11.4 Å². The SMILES string of the molecule is COC(=O)c1c(N2CCC(F)(F)CC2)ncc(C)c1C. The van der Waals surface area contributed by atoms with Gasteiger partial charge in [-0.25, -0.2) is 18.6 Å². The van der Waals surface area contributed by atoms with Crippen LogP contribution in [0.25, 0.3) is 0 Å². The molecule has 4 nitrogen and oxygen atoms in total. The molecule has 0 amide bonds. The zero-order valence-corrected chi connectivity index (χ0v) is 11.9. The summed E-state index contributed by atoms with van der Waals surface area (Å²) in [5, 5.41) is 0. The lowest BCUT2D eigenvalue weighted by molar-refractivity contribution is -0.0221. The second-order valence-corrected chi connectivity index (χ2v) is 5.10. The Morgan fingerprint density at radius 2 is 1.95 bits per heavy atom. The van der Waals surface area contributed by atoms with Crippen LogP contribution in [0.2, 0.25) is 0 Å². The van der Waals surface area contributed by atoms with Gasteiger partial charge >= 0.3 is 5.97 Å². The molecule has 0 aliphatic carbocycles. The third-order valence-corrected chi connectivity index (χ3v) is 3.75. The number of methoxy groups -OCH3 is 1. The van der Waals surface area contributed by atoms with Crippen molar-refractivity contribution in [2.45, 2.75) is 32.6 Å². The smallest absolute Gasteiger partial charge is 0.341 e. The highest BCUT2D eigenvalue weighted by molar-refractivity contribution is 5.96. The number of alkyl halides is 2. The fourth-order valence-electron chi connectivity index (χ4n) is 2.32. The molecule has 2 heterocycles. The Hall–Kier alpha value is -1.72. The first kappa shape index (κ1) is 14.7. The molecular weight excluding hydrogens is 266 g/mol. The molecule has 110 valence electrons. The van der Waals surface area contributed by atoms with Crippen LogP contribution >= 0.6 is 0 Å². The molecule has 1 aromatic rings. The van der Waals surface area contributed by atoms with Crippen LogP contribution in [-0.2, 0) is 4.74 Å². The number of rotatable bonds is 2. The number of anilines is 1. The van der Waals surface area contributed by atoms with Gasteiger partial charge in [0.25, 0.3) is 5.92 Å². The van der Waals surface area contributed by atoms with Crippen LogP contribution in [0.15, 0.2) is 6.20 Å². The Morgan fingerprint density at radius 3 is 2.50 bits per heavy atom. The van der Waals surface area contributed by atoms with Gasteiger partial charge in [0, 0.05) is 32.1 Å². The van der Waals surface area contributed by atoms with E-state index in [-0.39, 0.29) is 25.9 Å². The van der Waals surface area contributed by atoms with Crippen molar-refractivity contribution >= 4 is 11.8 Å². The molecular formula is C14H18F2N2O2. The van der Waals surface area contributed by atoms with Gasteiger partial charge < -0.3 is 9.64 Å². The number of ether oxygens (including phenoxy) is 1. The Morgan fingerprint density at radius 1 is 1.35 bits per heavy atom. The number of esters is 1. The lowest BCUT2D eigenvalue weighted by Gasteiger charge is -2.33. The molecule has 20 heavy (non-hydrogen) atoms. The second kappa shape index (κ2) is 5.34. The summed E-state index contributed by atoms with van der Waals surface area (Å²) >= 11 is 0. The van der Waals surface area contributed by atoms with Gasteiger partial charge in [-0.05, 0) is 25.0 Å². The van der Waals surface area contributed by atoms with Crippen molar-refractivity contribution < 1.29 is 18.3 Å². The van der Waals surface area contributed by atoms with Crippen LogP contribution in [0.5, 0.6) is 0 Å². The maximum Gasteiger partial charge on any atom is 0.341 e.